The number of benzene rings is 2. The molecule has 1 aromatic heterocycles. The molecule has 0 saturated heterocycles. The van der Waals surface area contributed by atoms with Crippen LogP contribution < -0.4 is 21.0 Å². The van der Waals surface area contributed by atoms with Crippen molar-refractivity contribution in [3.63, 3.8) is 0 Å². The summed E-state index contributed by atoms with van der Waals surface area (Å²) in [5.41, 5.74) is 8.75. The Morgan fingerprint density at radius 1 is 1.21 bits per heavy atom. The molecule has 0 atom stereocenters. The van der Waals surface area contributed by atoms with Gasteiger partial charge in [-0.25, -0.2) is 4.98 Å². The molecule has 8 heteroatoms. The summed E-state index contributed by atoms with van der Waals surface area (Å²) in [6.07, 6.45) is 0. The summed E-state index contributed by atoms with van der Waals surface area (Å²) < 4.78 is 5.29. The van der Waals surface area contributed by atoms with Crippen LogP contribution in [0.2, 0.25) is 0 Å². The van der Waals surface area contributed by atoms with E-state index < -0.39 is 0 Å². The van der Waals surface area contributed by atoms with Gasteiger partial charge in [-0.1, -0.05) is 13.8 Å². The molecule has 0 aliphatic rings. The summed E-state index contributed by atoms with van der Waals surface area (Å²) in [6.45, 7) is 7.78. The zero-order valence-electron chi connectivity index (χ0n) is 16.4. The predicted molar refractivity (Wildman–Crippen MR) is 114 cm³/mol. The van der Waals surface area contributed by atoms with Crippen LogP contribution in [0.15, 0.2) is 30.3 Å². The van der Waals surface area contributed by atoms with E-state index in [1.807, 2.05) is 6.07 Å². The third-order valence-corrected chi connectivity index (χ3v) is 5.00. The minimum Gasteiger partial charge on any atom is -0.733 e. The van der Waals surface area contributed by atoms with Crippen molar-refractivity contribution in [2.24, 2.45) is 0 Å². The number of pyridine rings is 1. The molecule has 4 N–H and O–H groups in total. The van der Waals surface area contributed by atoms with E-state index >= 15 is 0 Å². The second-order valence-corrected chi connectivity index (χ2v) is 6.49. The molecule has 0 amide bonds. The number of rotatable bonds is 8. The monoisotopic (exact) mass is 384 g/mol. The fourth-order valence-electron chi connectivity index (χ4n) is 3.37. The molecule has 3 aromatic rings. The lowest BCUT2D eigenvalue weighted by atomic mass is 10.0. The number of anilines is 3. The van der Waals surface area contributed by atoms with Crippen LogP contribution in [0.3, 0.4) is 0 Å². The average molecular weight is 384 g/mol. The molecule has 2 aromatic carbocycles. The van der Waals surface area contributed by atoms with E-state index in [0.29, 0.717) is 34.4 Å². The van der Waals surface area contributed by atoms with Gasteiger partial charge in [-0.3, -0.25) is 5.21 Å². The van der Waals surface area contributed by atoms with Gasteiger partial charge in [0, 0.05) is 29.5 Å². The highest BCUT2D eigenvalue weighted by Gasteiger charge is 2.15. The van der Waals surface area contributed by atoms with Gasteiger partial charge in [0.15, 0.2) is 0 Å². The number of nitrogens with zero attached hydrogens (tertiary/aromatic N) is 3. The zero-order valence-corrected chi connectivity index (χ0v) is 16.4. The van der Waals surface area contributed by atoms with E-state index in [9.17, 15) is 10.4 Å². The molecule has 0 aliphatic carbocycles. The van der Waals surface area contributed by atoms with Crippen molar-refractivity contribution in [3.8, 4) is 5.75 Å². The third kappa shape index (κ3) is 3.75. The summed E-state index contributed by atoms with van der Waals surface area (Å²) in [6, 6.07) is 8.65. The number of nitrogens with one attached hydrogen (secondary N) is 1. The predicted octanol–water partition coefficient (Wildman–Crippen LogP) is 3.43. The molecule has 0 bridgehead atoms. The lowest BCUT2D eigenvalue weighted by Crippen LogP contribution is -2.28. The van der Waals surface area contributed by atoms with Gasteiger partial charge in [0.2, 0.25) is 0 Å². The minimum absolute atomic E-state index is 0.0497. The van der Waals surface area contributed by atoms with Gasteiger partial charge in [0.05, 0.1) is 29.5 Å². The number of hydrogen-bond acceptors (Lipinski definition) is 8. The quantitative estimate of drug-likeness (QED) is 0.400. The second-order valence-electron chi connectivity index (χ2n) is 6.49. The Bertz CT molecular complexity index is 973. The van der Waals surface area contributed by atoms with Crippen LogP contribution in [0.25, 0.3) is 21.8 Å². The van der Waals surface area contributed by atoms with E-state index in [4.69, 9.17) is 10.5 Å². The SMILES string of the molecule is CCN(CC)CCNc1ccc(N([O-])O)c2nc3ccc(OC)cc3c(N)c12. The average Bonchev–Trinajstić information content (AvgIpc) is 2.70. The summed E-state index contributed by atoms with van der Waals surface area (Å²) in [4.78, 5) is 6.89. The number of aromatic nitrogens is 1. The van der Waals surface area contributed by atoms with Crippen molar-refractivity contribution in [2.45, 2.75) is 13.8 Å². The first kappa shape index (κ1) is 19.9. The van der Waals surface area contributed by atoms with Crippen molar-refractivity contribution in [1.29, 1.82) is 0 Å². The van der Waals surface area contributed by atoms with Crippen LogP contribution in [-0.2, 0) is 0 Å². The zero-order chi connectivity index (χ0) is 20.3. The number of nitrogen functional groups attached to an aromatic ring is 1. The molecule has 0 saturated carbocycles. The van der Waals surface area contributed by atoms with Gasteiger partial charge in [-0.15, -0.1) is 0 Å². The van der Waals surface area contributed by atoms with Crippen LogP contribution in [-0.4, -0.2) is 48.4 Å². The Kier molecular flexibility index (Phi) is 6.03. The van der Waals surface area contributed by atoms with E-state index in [1.54, 1.807) is 25.3 Å². The molecule has 0 radical (unpaired) electrons. The molecule has 150 valence electrons. The molecule has 0 spiro atoms. The van der Waals surface area contributed by atoms with Crippen molar-refractivity contribution in [1.82, 2.24) is 9.88 Å². The molecule has 28 heavy (non-hydrogen) atoms. The Morgan fingerprint density at radius 2 is 1.96 bits per heavy atom. The van der Waals surface area contributed by atoms with Gasteiger partial charge < -0.3 is 31.1 Å². The maximum Gasteiger partial charge on any atom is 0.119 e. The van der Waals surface area contributed by atoms with Gasteiger partial charge in [0.1, 0.15) is 5.75 Å². The Morgan fingerprint density at radius 3 is 2.61 bits per heavy atom. The van der Waals surface area contributed by atoms with Crippen molar-refractivity contribution in [3.05, 3.63) is 35.5 Å². The Labute approximate surface area is 164 Å². The fraction of sp³-hybridized carbons (Fsp3) is 0.350. The largest absolute Gasteiger partial charge is 0.733 e. The summed E-state index contributed by atoms with van der Waals surface area (Å²) in [5.74, 6) is 0.667. The van der Waals surface area contributed by atoms with Gasteiger partial charge in [-0.2, -0.15) is 0 Å². The van der Waals surface area contributed by atoms with Crippen LogP contribution in [0, 0.1) is 5.21 Å². The van der Waals surface area contributed by atoms with Crippen molar-refractivity contribution >= 4 is 38.9 Å². The van der Waals surface area contributed by atoms with Crippen LogP contribution in [0.1, 0.15) is 13.8 Å². The highest BCUT2D eigenvalue weighted by molar-refractivity contribution is 6.15. The number of likely N-dealkylation sites (N-methyl/N-ethyl adjacent to an activating group) is 1. The number of fused-ring (bicyclic) bond motifs is 2. The first-order valence-corrected chi connectivity index (χ1v) is 9.32. The number of methoxy groups -OCH3 is 1. The molecular formula is C20H26N5O3-. The molecule has 8 nitrogen and oxygen atoms in total. The summed E-state index contributed by atoms with van der Waals surface area (Å²) in [5, 5.41) is 25.7. The maximum absolute atomic E-state index is 11.6. The molecular weight excluding hydrogens is 358 g/mol. The first-order chi connectivity index (χ1) is 13.5. The number of ether oxygens (including phenoxy) is 1. The molecule has 0 fully saturated rings. The van der Waals surface area contributed by atoms with Gasteiger partial charge >= 0.3 is 0 Å². The summed E-state index contributed by atoms with van der Waals surface area (Å²) >= 11 is 0. The summed E-state index contributed by atoms with van der Waals surface area (Å²) in [7, 11) is 1.59. The minimum atomic E-state index is -0.177. The van der Waals surface area contributed by atoms with Crippen LogP contribution in [0.4, 0.5) is 17.1 Å². The molecule has 0 unspecified atom stereocenters. The van der Waals surface area contributed by atoms with E-state index in [1.165, 1.54) is 6.07 Å². The standard InChI is InChI=1S/C20H26N5O3/c1-4-24(5-2)11-10-22-16-8-9-17(25(26)27)20-18(16)19(21)14-12-13(28-3)6-7-15(14)23-20/h6-9,12,22,26H,4-5,10-11H2,1-3H3,(H2,21,23)/q-1. The van der Waals surface area contributed by atoms with Crippen LogP contribution in [0.5, 0.6) is 5.75 Å². The Balaban J connectivity index is 2.13. The smallest absolute Gasteiger partial charge is 0.119 e. The lowest BCUT2D eigenvalue weighted by Gasteiger charge is -2.25. The highest BCUT2D eigenvalue weighted by atomic mass is 16.8. The first-order valence-electron chi connectivity index (χ1n) is 9.32. The van der Waals surface area contributed by atoms with E-state index in [2.05, 4.69) is 29.0 Å². The van der Waals surface area contributed by atoms with Crippen molar-refractivity contribution < 1.29 is 9.94 Å². The molecule has 3 rings (SSSR count). The van der Waals surface area contributed by atoms with E-state index in [0.717, 1.165) is 30.7 Å². The van der Waals surface area contributed by atoms with Gasteiger partial charge in [0.25, 0.3) is 0 Å². The molecule has 1 heterocycles. The molecule has 0 aliphatic heterocycles. The second kappa shape index (κ2) is 8.47. The topological polar surface area (TPSA) is 110 Å². The maximum atomic E-state index is 11.6. The van der Waals surface area contributed by atoms with Gasteiger partial charge in [-0.05, 0) is 43.4 Å². The highest BCUT2D eigenvalue weighted by Crippen LogP contribution is 2.39. The van der Waals surface area contributed by atoms with Crippen molar-refractivity contribution in [2.75, 3.05) is 49.6 Å². The van der Waals surface area contributed by atoms with E-state index in [-0.39, 0.29) is 10.9 Å². The number of hydrogen-bond donors (Lipinski definition) is 3. The lowest BCUT2D eigenvalue weighted by molar-refractivity contribution is 0.297. The third-order valence-electron chi connectivity index (χ3n) is 5.00. The van der Waals surface area contributed by atoms with Crippen LogP contribution >= 0.6 is 0 Å². The Hall–Kier alpha value is -2.81. The number of nitrogens with two attached hydrogens (primary N) is 1. The normalized spacial score (nSPS) is 11.4. The fourth-order valence-corrected chi connectivity index (χ4v) is 3.37.